The number of amides is 1. The van der Waals surface area contributed by atoms with E-state index in [0.29, 0.717) is 12.8 Å². The Bertz CT molecular complexity index is 684. The number of alkyl halides is 3. The highest BCUT2D eigenvalue weighted by atomic mass is 32.2. The molecule has 1 fully saturated rings. The molecule has 5 nitrogen and oxygen atoms in total. The molecule has 1 atom stereocenters. The molecule has 1 aliphatic heterocycles. The van der Waals surface area contributed by atoms with Crippen LogP contribution in [0.2, 0.25) is 0 Å². The van der Waals surface area contributed by atoms with Gasteiger partial charge in [-0.2, -0.15) is 17.5 Å². The zero-order valence-corrected chi connectivity index (χ0v) is 13.5. The van der Waals surface area contributed by atoms with Crippen LogP contribution >= 0.6 is 0 Å². The maximum atomic E-state index is 12.6. The van der Waals surface area contributed by atoms with Crippen LogP contribution in [0, 0.1) is 0 Å². The van der Waals surface area contributed by atoms with Gasteiger partial charge in [-0.05, 0) is 37.1 Å². The van der Waals surface area contributed by atoms with Crippen molar-refractivity contribution in [2.75, 3.05) is 20.6 Å². The van der Waals surface area contributed by atoms with E-state index in [0.717, 1.165) is 28.6 Å². The third-order valence-corrected chi connectivity index (χ3v) is 5.64. The van der Waals surface area contributed by atoms with Gasteiger partial charge < -0.3 is 4.90 Å². The second-order valence-electron chi connectivity index (χ2n) is 5.53. The average Bonchev–Trinajstić information content (AvgIpc) is 2.95. The lowest BCUT2D eigenvalue weighted by atomic mass is 10.2. The van der Waals surface area contributed by atoms with E-state index in [-0.39, 0.29) is 17.3 Å². The fourth-order valence-electron chi connectivity index (χ4n) is 2.52. The first-order valence-corrected chi connectivity index (χ1v) is 8.39. The molecule has 0 aromatic heterocycles. The highest BCUT2D eigenvalue weighted by molar-refractivity contribution is 7.89. The van der Waals surface area contributed by atoms with Crippen LogP contribution in [0.3, 0.4) is 0 Å². The van der Waals surface area contributed by atoms with Crippen molar-refractivity contribution in [3.05, 3.63) is 29.8 Å². The predicted molar refractivity (Wildman–Crippen MR) is 77.1 cm³/mol. The fraction of sp³-hybridized carbons (Fsp3) is 0.500. The summed E-state index contributed by atoms with van der Waals surface area (Å²) in [4.78, 5) is 13.2. The molecule has 1 heterocycles. The molecule has 0 N–H and O–H groups in total. The lowest BCUT2D eigenvalue weighted by Gasteiger charge is -2.25. The minimum absolute atomic E-state index is 0.174. The van der Waals surface area contributed by atoms with Gasteiger partial charge in [0.05, 0.1) is 10.5 Å². The van der Waals surface area contributed by atoms with Gasteiger partial charge in [-0.3, -0.25) is 4.79 Å². The molecule has 128 valence electrons. The maximum absolute atomic E-state index is 12.6. The zero-order valence-electron chi connectivity index (χ0n) is 12.7. The molecule has 0 radical (unpaired) electrons. The Labute approximate surface area is 132 Å². The van der Waals surface area contributed by atoms with Crippen LogP contribution in [-0.2, 0) is 21.0 Å². The van der Waals surface area contributed by atoms with Crippen LogP contribution in [0.4, 0.5) is 13.2 Å². The summed E-state index contributed by atoms with van der Waals surface area (Å²) < 4.78 is 64.0. The van der Waals surface area contributed by atoms with E-state index in [9.17, 15) is 26.4 Å². The van der Waals surface area contributed by atoms with Crippen molar-refractivity contribution in [2.45, 2.75) is 30.0 Å². The Morgan fingerprint density at radius 2 is 1.78 bits per heavy atom. The first-order chi connectivity index (χ1) is 10.5. The molecule has 9 heteroatoms. The Morgan fingerprint density at radius 3 is 2.26 bits per heavy atom. The molecule has 0 saturated carbocycles. The lowest BCUT2D eigenvalue weighted by Crippen LogP contribution is -2.45. The standard InChI is InChI=1S/C14H17F3N2O3S/c1-18(2)13(20)12-4-3-9-19(12)23(21,22)11-7-5-10(6-8-11)14(15,16)17/h5-8,12H,3-4,9H2,1-2H3/t12-/m1/s1. The number of carbonyl (C=O) groups excluding carboxylic acids is 1. The number of hydrogen-bond donors (Lipinski definition) is 0. The molecular weight excluding hydrogens is 333 g/mol. The van der Waals surface area contributed by atoms with Crippen molar-refractivity contribution in [3.63, 3.8) is 0 Å². The van der Waals surface area contributed by atoms with E-state index >= 15 is 0 Å². The van der Waals surface area contributed by atoms with E-state index in [2.05, 4.69) is 0 Å². The Morgan fingerprint density at radius 1 is 1.22 bits per heavy atom. The topological polar surface area (TPSA) is 57.7 Å². The van der Waals surface area contributed by atoms with Crippen molar-refractivity contribution < 1.29 is 26.4 Å². The van der Waals surface area contributed by atoms with E-state index in [1.807, 2.05) is 0 Å². The van der Waals surface area contributed by atoms with Gasteiger partial charge >= 0.3 is 6.18 Å². The molecule has 0 bridgehead atoms. The van der Waals surface area contributed by atoms with Crippen LogP contribution in [0.25, 0.3) is 0 Å². The SMILES string of the molecule is CN(C)C(=O)[C@H]1CCCN1S(=O)(=O)c1ccc(C(F)(F)F)cc1. The molecule has 23 heavy (non-hydrogen) atoms. The van der Waals surface area contributed by atoms with Gasteiger partial charge in [0.1, 0.15) is 6.04 Å². The fourth-order valence-corrected chi connectivity index (χ4v) is 4.17. The first-order valence-electron chi connectivity index (χ1n) is 6.95. The summed E-state index contributed by atoms with van der Waals surface area (Å²) in [5.41, 5.74) is -0.918. The van der Waals surface area contributed by atoms with Crippen molar-refractivity contribution in [2.24, 2.45) is 0 Å². The van der Waals surface area contributed by atoms with Gasteiger partial charge in [-0.15, -0.1) is 0 Å². The second-order valence-corrected chi connectivity index (χ2v) is 7.42. The van der Waals surface area contributed by atoms with Crippen molar-refractivity contribution in [1.29, 1.82) is 0 Å². The van der Waals surface area contributed by atoms with Crippen LogP contribution in [0.1, 0.15) is 18.4 Å². The summed E-state index contributed by atoms with van der Waals surface area (Å²) in [6.07, 6.45) is -3.60. The lowest BCUT2D eigenvalue weighted by molar-refractivity contribution is -0.137. The molecule has 1 aromatic rings. The minimum Gasteiger partial charge on any atom is -0.347 e. The third-order valence-electron chi connectivity index (χ3n) is 3.72. The van der Waals surface area contributed by atoms with Crippen molar-refractivity contribution in [3.8, 4) is 0 Å². The summed E-state index contributed by atoms with van der Waals surface area (Å²) in [5, 5.41) is 0. The monoisotopic (exact) mass is 350 g/mol. The number of likely N-dealkylation sites (N-methyl/N-ethyl adjacent to an activating group) is 1. The molecule has 1 saturated heterocycles. The summed E-state index contributed by atoms with van der Waals surface area (Å²) in [5.74, 6) is -0.335. The summed E-state index contributed by atoms with van der Waals surface area (Å²) in [6, 6.07) is 2.50. The Hall–Kier alpha value is -1.61. The zero-order chi connectivity index (χ0) is 17.4. The highest BCUT2D eigenvalue weighted by Crippen LogP contribution is 2.31. The number of hydrogen-bond acceptors (Lipinski definition) is 3. The summed E-state index contributed by atoms with van der Waals surface area (Å²) >= 11 is 0. The number of halogens is 3. The molecule has 2 rings (SSSR count). The molecular formula is C14H17F3N2O3S. The summed E-state index contributed by atoms with van der Waals surface area (Å²) in [6.45, 7) is 0.174. The number of sulfonamides is 1. The Kier molecular flexibility index (Phi) is 4.72. The van der Waals surface area contributed by atoms with E-state index in [4.69, 9.17) is 0 Å². The van der Waals surface area contributed by atoms with Gasteiger partial charge in [0, 0.05) is 20.6 Å². The molecule has 0 aliphatic carbocycles. The normalized spacial score (nSPS) is 19.8. The van der Waals surface area contributed by atoms with Gasteiger partial charge in [-0.25, -0.2) is 8.42 Å². The van der Waals surface area contributed by atoms with Crippen molar-refractivity contribution in [1.82, 2.24) is 9.21 Å². The second kappa shape index (κ2) is 6.12. The smallest absolute Gasteiger partial charge is 0.347 e. The third kappa shape index (κ3) is 3.50. The van der Waals surface area contributed by atoms with Crippen LogP contribution in [0.15, 0.2) is 29.2 Å². The van der Waals surface area contributed by atoms with Gasteiger partial charge in [0.15, 0.2) is 0 Å². The quantitative estimate of drug-likeness (QED) is 0.837. The minimum atomic E-state index is -4.53. The summed E-state index contributed by atoms with van der Waals surface area (Å²) in [7, 11) is -0.948. The van der Waals surface area contributed by atoms with Crippen LogP contribution < -0.4 is 0 Å². The van der Waals surface area contributed by atoms with E-state index < -0.39 is 27.8 Å². The predicted octanol–water partition coefficient (Wildman–Crippen LogP) is 1.95. The average molecular weight is 350 g/mol. The number of carbonyl (C=O) groups is 1. The van der Waals surface area contributed by atoms with Crippen LogP contribution in [0.5, 0.6) is 0 Å². The van der Waals surface area contributed by atoms with Gasteiger partial charge in [-0.1, -0.05) is 0 Å². The van der Waals surface area contributed by atoms with Crippen LogP contribution in [-0.4, -0.2) is 50.2 Å². The molecule has 1 aromatic carbocycles. The number of nitrogens with zero attached hydrogens (tertiary/aromatic N) is 2. The van der Waals surface area contributed by atoms with Gasteiger partial charge in [0.2, 0.25) is 15.9 Å². The first kappa shape index (κ1) is 17.7. The largest absolute Gasteiger partial charge is 0.416 e. The highest BCUT2D eigenvalue weighted by Gasteiger charge is 2.40. The Balaban J connectivity index is 2.32. The molecule has 1 amide bonds. The van der Waals surface area contributed by atoms with Crippen molar-refractivity contribution >= 4 is 15.9 Å². The van der Waals surface area contributed by atoms with E-state index in [1.165, 1.54) is 19.0 Å². The number of benzene rings is 1. The maximum Gasteiger partial charge on any atom is 0.416 e. The number of rotatable bonds is 3. The molecule has 1 aliphatic rings. The van der Waals surface area contributed by atoms with E-state index in [1.54, 1.807) is 0 Å². The van der Waals surface area contributed by atoms with Gasteiger partial charge in [0.25, 0.3) is 0 Å². The molecule has 0 spiro atoms. The molecule has 0 unspecified atom stereocenters.